The number of hydrogen-bond acceptors (Lipinski definition) is 4. The molecular weight excluding hydrogens is 290 g/mol. The maximum Gasteiger partial charge on any atom is 0.163 e. The average molecular weight is 305 g/mol. The Kier molecular flexibility index (Phi) is 3.17. The Hall–Kier alpha value is -2.99. The maximum atomic E-state index is 9.19. The summed E-state index contributed by atoms with van der Waals surface area (Å²) < 4.78 is 1.99. The Morgan fingerprint density at radius 3 is 2.91 bits per heavy atom. The zero-order chi connectivity index (χ0) is 15.8. The van der Waals surface area contributed by atoms with Crippen LogP contribution >= 0.6 is 0 Å². The van der Waals surface area contributed by atoms with Gasteiger partial charge >= 0.3 is 0 Å². The zero-order valence-electron chi connectivity index (χ0n) is 12.6. The monoisotopic (exact) mass is 305 g/mol. The highest BCUT2D eigenvalue weighted by molar-refractivity contribution is 5.78. The molecule has 6 nitrogen and oxygen atoms in total. The second kappa shape index (κ2) is 5.33. The first-order valence-electron chi connectivity index (χ1n) is 7.32. The first kappa shape index (κ1) is 13.7. The Bertz CT molecular complexity index is 985. The quantitative estimate of drug-likeness (QED) is 0.610. The Labute approximate surface area is 132 Å². The highest BCUT2D eigenvalue weighted by atomic mass is 16.3. The average Bonchev–Trinajstić information content (AvgIpc) is 3.20. The summed E-state index contributed by atoms with van der Waals surface area (Å²) in [5.74, 6) is 1.35. The summed E-state index contributed by atoms with van der Waals surface area (Å²) >= 11 is 0. The van der Waals surface area contributed by atoms with E-state index in [1.54, 1.807) is 6.20 Å². The maximum absolute atomic E-state index is 9.19. The number of aromatic amines is 1. The summed E-state index contributed by atoms with van der Waals surface area (Å²) in [4.78, 5) is 16.4. The third-order valence-corrected chi connectivity index (χ3v) is 3.70. The molecule has 0 aliphatic heterocycles. The molecule has 23 heavy (non-hydrogen) atoms. The standard InChI is InChI=1S/C17H15N5O/c1-11-3-2-4-14(19-11)17-18-7-8-22(17)12-5-6-13-15(9-12)21-16(10-23)20-13/h2-9,23H,10H2,1H3,(H,20,21). The molecule has 2 N–H and O–H groups in total. The Morgan fingerprint density at radius 2 is 2.09 bits per heavy atom. The molecule has 0 saturated carbocycles. The van der Waals surface area contributed by atoms with Crippen LogP contribution in [0.25, 0.3) is 28.2 Å². The minimum absolute atomic E-state index is 0.104. The number of hydrogen-bond donors (Lipinski definition) is 2. The fourth-order valence-corrected chi connectivity index (χ4v) is 2.64. The Morgan fingerprint density at radius 1 is 1.17 bits per heavy atom. The van der Waals surface area contributed by atoms with Crippen molar-refractivity contribution in [2.75, 3.05) is 0 Å². The molecule has 0 spiro atoms. The SMILES string of the molecule is Cc1cccc(-c2nccn2-c2ccc3nc(CO)[nH]c3c2)n1. The van der Waals surface area contributed by atoms with Crippen LogP contribution in [0, 0.1) is 6.92 Å². The number of pyridine rings is 1. The molecule has 4 rings (SSSR count). The molecule has 0 saturated heterocycles. The normalized spacial score (nSPS) is 11.2. The van der Waals surface area contributed by atoms with Crippen LogP contribution in [0.4, 0.5) is 0 Å². The summed E-state index contributed by atoms with van der Waals surface area (Å²) in [5.41, 5.74) is 4.45. The van der Waals surface area contributed by atoms with Gasteiger partial charge in [-0.05, 0) is 37.3 Å². The number of aliphatic hydroxyl groups is 1. The van der Waals surface area contributed by atoms with Crippen molar-refractivity contribution in [3.8, 4) is 17.2 Å². The van der Waals surface area contributed by atoms with E-state index in [0.29, 0.717) is 5.82 Å². The van der Waals surface area contributed by atoms with E-state index in [-0.39, 0.29) is 6.61 Å². The summed E-state index contributed by atoms with van der Waals surface area (Å²) in [6.07, 6.45) is 3.67. The smallest absolute Gasteiger partial charge is 0.163 e. The molecule has 0 fully saturated rings. The number of aromatic nitrogens is 5. The first-order valence-corrected chi connectivity index (χ1v) is 7.32. The van der Waals surface area contributed by atoms with E-state index in [1.807, 2.05) is 54.1 Å². The van der Waals surface area contributed by atoms with Crippen LogP contribution in [0.15, 0.2) is 48.8 Å². The van der Waals surface area contributed by atoms with Crippen LogP contribution in [-0.2, 0) is 6.61 Å². The molecule has 0 radical (unpaired) electrons. The lowest BCUT2D eigenvalue weighted by molar-refractivity contribution is 0.273. The fourth-order valence-electron chi connectivity index (χ4n) is 2.64. The Balaban J connectivity index is 1.84. The van der Waals surface area contributed by atoms with E-state index < -0.39 is 0 Å². The highest BCUT2D eigenvalue weighted by Crippen LogP contribution is 2.22. The molecule has 0 atom stereocenters. The van der Waals surface area contributed by atoms with Gasteiger partial charge < -0.3 is 10.1 Å². The number of imidazole rings is 2. The van der Waals surface area contributed by atoms with Gasteiger partial charge in [0.15, 0.2) is 5.82 Å². The van der Waals surface area contributed by atoms with Gasteiger partial charge in [-0.25, -0.2) is 15.0 Å². The molecule has 0 bridgehead atoms. The minimum Gasteiger partial charge on any atom is -0.388 e. The summed E-state index contributed by atoms with van der Waals surface area (Å²) in [6, 6.07) is 11.8. The van der Waals surface area contributed by atoms with Crippen molar-refractivity contribution in [2.24, 2.45) is 0 Å². The molecule has 4 aromatic rings. The number of nitrogens with one attached hydrogen (secondary N) is 1. The van der Waals surface area contributed by atoms with Gasteiger partial charge in [-0.3, -0.25) is 4.57 Å². The van der Waals surface area contributed by atoms with Crippen molar-refractivity contribution < 1.29 is 5.11 Å². The first-order chi connectivity index (χ1) is 11.2. The van der Waals surface area contributed by atoms with Gasteiger partial charge in [0.1, 0.15) is 18.1 Å². The number of benzene rings is 1. The number of rotatable bonds is 3. The van der Waals surface area contributed by atoms with Crippen molar-refractivity contribution >= 4 is 11.0 Å². The van der Waals surface area contributed by atoms with E-state index in [9.17, 15) is 5.11 Å². The van der Waals surface area contributed by atoms with E-state index in [0.717, 1.165) is 33.9 Å². The van der Waals surface area contributed by atoms with Crippen molar-refractivity contribution in [3.05, 3.63) is 60.3 Å². The molecule has 114 valence electrons. The predicted octanol–water partition coefficient (Wildman–Crippen LogP) is 2.61. The molecule has 3 heterocycles. The number of aliphatic hydroxyl groups excluding tert-OH is 1. The van der Waals surface area contributed by atoms with Crippen LogP contribution in [0.5, 0.6) is 0 Å². The van der Waals surface area contributed by atoms with Crippen molar-refractivity contribution in [1.82, 2.24) is 24.5 Å². The lowest BCUT2D eigenvalue weighted by Crippen LogP contribution is -1.98. The summed E-state index contributed by atoms with van der Waals surface area (Å²) in [7, 11) is 0. The molecule has 0 unspecified atom stereocenters. The second-order valence-corrected chi connectivity index (χ2v) is 5.33. The third-order valence-electron chi connectivity index (χ3n) is 3.70. The van der Waals surface area contributed by atoms with E-state index in [1.165, 1.54) is 0 Å². The number of aryl methyl sites for hydroxylation is 1. The van der Waals surface area contributed by atoms with Crippen molar-refractivity contribution in [1.29, 1.82) is 0 Å². The van der Waals surface area contributed by atoms with E-state index >= 15 is 0 Å². The highest BCUT2D eigenvalue weighted by Gasteiger charge is 2.10. The molecule has 0 aliphatic rings. The molecular formula is C17H15N5O. The number of nitrogens with zero attached hydrogens (tertiary/aromatic N) is 4. The van der Waals surface area contributed by atoms with Gasteiger partial charge in [0.05, 0.1) is 11.0 Å². The number of fused-ring (bicyclic) bond motifs is 1. The van der Waals surface area contributed by atoms with Crippen LogP contribution < -0.4 is 0 Å². The number of H-pyrrole nitrogens is 1. The molecule has 0 amide bonds. The van der Waals surface area contributed by atoms with Gasteiger partial charge in [0.2, 0.25) is 0 Å². The van der Waals surface area contributed by atoms with Crippen molar-refractivity contribution in [2.45, 2.75) is 13.5 Å². The molecule has 0 aliphatic carbocycles. The van der Waals surface area contributed by atoms with Crippen molar-refractivity contribution in [3.63, 3.8) is 0 Å². The summed E-state index contributed by atoms with van der Waals surface area (Å²) in [5, 5.41) is 9.19. The topological polar surface area (TPSA) is 79.6 Å². The van der Waals surface area contributed by atoms with Crippen LogP contribution in [-0.4, -0.2) is 29.6 Å². The second-order valence-electron chi connectivity index (χ2n) is 5.33. The van der Waals surface area contributed by atoms with Crippen LogP contribution in [0.3, 0.4) is 0 Å². The zero-order valence-corrected chi connectivity index (χ0v) is 12.6. The van der Waals surface area contributed by atoms with Crippen LogP contribution in [0.1, 0.15) is 11.5 Å². The van der Waals surface area contributed by atoms with Gasteiger partial charge in [0.25, 0.3) is 0 Å². The van der Waals surface area contributed by atoms with Gasteiger partial charge in [-0.1, -0.05) is 6.07 Å². The lowest BCUT2D eigenvalue weighted by atomic mass is 10.2. The predicted molar refractivity (Wildman–Crippen MR) is 87.1 cm³/mol. The summed E-state index contributed by atoms with van der Waals surface area (Å²) in [6.45, 7) is 1.86. The molecule has 6 heteroatoms. The lowest BCUT2D eigenvalue weighted by Gasteiger charge is -2.08. The van der Waals surface area contributed by atoms with Gasteiger partial charge in [-0.2, -0.15) is 0 Å². The van der Waals surface area contributed by atoms with Gasteiger partial charge in [0, 0.05) is 23.8 Å². The minimum atomic E-state index is -0.104. The molecule has 1 aromatic carbocycles. The van der Waals surface area contributed by atoms with E-state index in [4.69, 9.17) is 0 Å². The third kappa shape index (κ3) is 2.39. The van der Waals surface area contributed by atoms with Crippen LogP contribution in [0.2, 0.25) is 0 Å². The molecule has 3 aromatic heterocycles. The van der Waals surface area contributed by atoms with E-state index in [2.05, 4.69) is 19.9 Å². The largest absolute Gasteiger partial charge is 0.388 e. The fraction of sp³-hybridized carbons (Fsp3) is 0.118. The van der Waals surface area contributed by atoms with Gasteiger partial charge in [-0.15, -0.1) is 0 Å².